The van der Waals surface area contributed by atoms with Gasteiger partial charge in [-0.05, 0) is 10.3 Å². The average Bonchev–Trinajstić information content (AvgIpc) is 3.00. The Kier molecular flexibility index (Phi) is 4.97. The Hall–Kier alpha value is -3.30. The molecule has 0 aliphatic heterocycles. The number of hydrogen-bond donors (Lipinski definition) is 3. The Morgan fingerprint density at radius 2 is 1.78 bits per heavy atom. The van der Waals surface area contributed by atoms with Crippen LogP contribution in [0.2, 0.25) is 0 Å². The Labute approximate surface area is 131 Å². The van der Waals surface area contributed by atoms with Gasteiger partial charge >= 0.3 is 0 Å². The number of benzene rings is 1. The zero-order valence-corrected chi connectivity index (χ0v) is 12.9. The highest BCUT2D eigenvalue weighted by Gasteiger charge is 2.14. The van der Waals surface area contributed by atoms with Crippen LogP contribution >= 0.6 is 0 Å². The first-order valence-corrected chi connectivity index (χ1v) is 6.41. The van der Waals surface area contributed by atoms with Gasteiger partial charge < -0.3 is 25.7 Å². The predicted octanol–water partition coefficient (Wildman–Crippen LogP) is -1.50. The van der Waals surface area contributed by atoms with Crippen molar-refractivity contribution in [2.24, 2.45) is 10.8 Å². The number of nitrogen functional groups attached to an aromatic ring is 1. The highest BCUT2D eigenvalue weighted by molar-refractivity contribution is 5.98. The van der Waals surface area contributed by atoms with Gasteiger partial charge in [0.25, 0.3) is 0 Å². The average molecular weight is 321 g/mol. The van der Waals surface area contributed by atoms with Gasteiger partial charge in [-0.25, -0.2) is 4.63 Å². The van der Waals surface area contributed by atoms with Crippen LogP contribution in [0, 0.1) is 0 Å². The topological polar surface area (TPSA) is 145 Å². The van der Waals surface area contributed by atoms with E-state index in [0.29, 0.717) is 22.8 Å². The van der Waals surface area contributed by atoms with Crippen molar-refractivity contribution in [2.45, 2.75) is 0 Å². The lowest BCUT2D eigenvalue weighted by Crippen LogP contribution is -2.63. The fraction of sp³-hybridized carbons (Fsp3) is 0.231. The minimum absolute atomic E-state index is 0.0273. The number of rotatable bonds is 6. The van der Waals surface area contributed by atoms with E-state index < -0.39 is 0 Å². The molecule has 0 amide bonds. The van der Waals surface area contributed by atoms with Gasteiger partial charge in [0, 0.05) is 17.2 Å². The van der Waals surface area contributed by atoms with E-state index in [1.807, 2.05) is 0 Å². The summed E-state index contributed by atoms with van der Waals surface area (Å²) in [7, 11) is 4.62. The first kappa shape index (κ1) is 16.1. The van der Waals surface area contributed by atoms with Crippen molar-refractivity contribution >= 4 is 17.9 Å². The summed E-state index contributed by atoms with van der Waals surface area (Å²) in [5.74, 6) is 1.73. The summed E-state index contributed by atoms with van der Waals surface area (Å²) in [5, 5.41) is 13.6. The third-order valence-corrected chi connectivity index (χ3v) is 2.90. The molecule has 122 valence electrons. The van der Waals surface area contributed by atoms with Gasteiger partial charge in [-0.15, -0.1) is 5.10 Å². The molecule has 10 nitrogen and oxygen atoms in total. The molecule has 0 unspecified atom stereocenters. The number of ether oxygens (including phenoxy) is 3. The van der Waals surface area contributed by atoms with Crippen LogP contribution in [-0.2, 0) is 0 Å². The van der Waals surface area contributed by atoms with Gasteiger partial charge in [0.1, 0.15) is 5.75 Å². The molecule has 23 heavy (non-hydrogen) atoms. The molecule has 0 saturated heterocycles. The maximum atomic E-state index is 5.73. The first-order valence-electron chi connectivity index (χ1n) is 6.41. The lowest BCUT2D eigenvalue weighted by atomic mass is 10.2. The van der Waals surface area contributed by atoms with Crippen molar-refractivity contribution in [3.05, 3.63) is 23.4 Å². The van der Waals surface area contributed by atoms with Gasteiger partial charge in [-0.1, -0.05) is 0 Å². The number of nitrogens with one attached hydrogen (secondary N) is 1. The molecule has 10 heteroatoms. The smallest absolute Gasteiger partial charge is 0.224 e. The fourth-order valence-electron chi connectivity index (χ4n) is 1.76. The van der Waals surface area contributed by atoms with Crippen molar-refractivity contribution in [1.29, 1.82) is 0 Å². The van der Waals surface area contributed by atoms with Crippen LogP contribution < -0.4 is 30.8 Å². The van der Waals surface area contributed by atoms with Crippen molar-refractivity contribution in [2.75, 3.05) is 27.1 Å². The van der Waals surface area contributed by atoms with Crippen LogP contribution in [0.15, 0.2) is 21.9 Å². The van der Waals surface area contributed by atoms with Crippen LogP contribution in [0.1, 0.15) is 11.3 Å². The van der Waals surface area contributed by atoms with E-state index in [1.165, 1.54) is 14.2 Å². The lowest BCUT2D eigenvalue weighted by molar-refractivity contribution is -0.456. The molecule has 0 atom stereocenters. The van der Waals surface area contributed by atoms with Gasteiger partial charge in [-0.3, -0.25) is 0 Å². The zero-order chi connectivity index (χ0) is 16.8. The Balaban J connectivity index is 2.30. The summed E-state index contributed by atoms with van der Waals surface area (Å²) in [6.07, 6.45) is 1.57. The van der Waals surface area contributed by atoms with Crippen LogP contribution in [0.3, 0.4) is 0 Å². The molecular formula is C13H17N6O4+. The molecule has 0 bridgehead atoms. The molecule has 0 fully saturated rings. The monoisotopic (exact) mass is 321 g/mol. The number of hydrogen-bond acceptors (Lipinski definition) is 8. The second-order valence-corrected chi connectivity index (χ2v) is 4.22. The summed E-state index contributed by atoms with van der Waals surface area (Å²) in [6, 6.07) is 3.42. The second-order valence-electron chi connectivity index (χ2n) is 4.22. The standard InChI is InChI=1S/C13H16N6O4/c1-20-8-5-10(22-3)9(21-2)4-7(8)6-16-17-12(14)11-13(15)19-23-18-11/h4-6H,1-3H3,(H2,14,17)(H2,15,19)/p+1/b16-6+. The number of amidine groups is 1. The SMILES string of the molecule is COc1cc(OC)c(OC)cc1/C=[NH+]/N=C(N)c1nonc1N. The molecule has 0 spiro atoms. The Bertz CT molecular complexity index is 740. The largest absolute Gasteiger partial charge is 0.496 e. The maximum absolute atomic E-state index is 5.73. The Morgan fingerprint density at radius 1 is 1.13 bits per heavy atom. The molecule has 0 aliphatic carbocycles. The summed E-state index contributed by atoms with van der Waals surface area (Å²) in [5.41, 5.74) is 12.1. The van der Waals surface area contributed by atoms with E-state index >= 15 is 0 Å². The van der Waals surface area contributed by atoms with Crippen molar-refractivity contribution in [3.8, 4) is 17.2 Å². The second kappa shape index (κ2) is 7.11. The summed E-state index contributed by atoms with van der Waals surface area (Å²) >= 11 is 0. The third kappa shape index (κ3) is 3.48. The van der Waals surface area contributed by atoms with E-state index in [1.54, 1.807) is 25.5 Å². The minimum atomic E-state index is 0.0273. The van der Waals surface area contributed by atoms with Crippen LogP contribution in [0.25, 0.3) is 0 Å². The minimum Gasteiger partial charge on any atom is -0.496 e. The number of hydrazone groups is 1. The molecule has 0 radical (unpaired) electrons. The van der Waals surface area contributed by atoms with Gasteiger partial charge in [0.2, 0.25) is 12.1 Å². The molecule has 1 aromatic carbocycles. The highest BCUT2D eigenvalue weighted by Crippen LogP contribution is 2.33. The predicted molar refractivity (Wildman–Crippen MR) is 81.7 cm³/mol. The van der Waals surface area contributed by atoms with Crippen molar-refractivity contribution < 1.29 is 23.9 Å². The summed E-state index contributed by atoms with van der Waals surface area (Å²) < 4.78 is 20.2. The van der Waals surface area contributed by atoms with E-state index in [2.05, 4.69) is 25.1 Å². The van der Waals surface area contributed by atoms with Crippen LogP contribution in [-0.4, -0.2) is 43.7 Å². The number of aromatic nitrogens is 2. The quantitative estimate of drug-likeness (QED) is 0.331. The van der Waals surface area contributed by atoms with Gasteiger partial charge in [0.05, 0.1) is 26.9 Å². The fourth-order valence-corrected chi connectivity index (χ4v) is 1.76. The highest BCUT2D eigenvalue weighted by atomic mass is 16.6. The van der Waals surface area contributed by atoms with E-state index in [0.717, 1.165) is 0 Å². The number of anilines is 1. The molecule has 2 rings (SSSR count). The molecule has 5 N–H and O–H groups in total. The van der Waals surface area contributed by atoms with Crippen molar-refractivity contribution in [3.63, 3.8) is 0 Å². The van der Waals surface area contributed by atoms with E-state index in [9.17, 15) is 0 Å². The number of methoxy groups -OCH3 is 3. The Morgan fingerprint density at radius 3 is 2.35 bits per heavy atom. The van der Waals surface area contributed by atoms with E-state index in [-0.39, 0.29) is 17.3 Å². The van der Waals surface area contributed by atoms with Crippen LogP contribution in [0.4, 0.5) is 5.82 Å². The summed E-state index contributed by atoms with van der Waals surface area (Å²) in [6.45, 7) is 0. The molecule has 0 aliphatic rings. The number of nitrogens with two attached hydrogens (primary N) is 2. The molecule has 1 aromatic heterocycles. The maximum Gasteiger partial charge on any atom is 0.224 e. The van der Waals surface area contributed by atoms with E-state index in [4.69, 9.17) is 25.7 Å². The molecule has 2 aromatic rings. The van der Waals surface area contributed by atoms with Crippen molar-refractivity contribution in [1.82, 2.24) is 10.3 Å². The third-order valence-electron chi connectivity index (χ3n) is 2.90. The van der Waals surface area contributed by atoms with Crippen LogP contribution in [0.5, 0.6) is 17.2 Å². The molecule has 0 saturated carbocycles. The number of nitrogens with zero attached hydrogens (tertiary/aromatic N) is 3. The van der Waals surface area contributed by atoms with Gasteiger partial charge in [-0.2, -0.15) is 0 Å². The first-order chi connectivity index (χ1) is 11.1. The zero-order valence-electron chi connectivity index (χ0n) is 12.9. The molecular weight excluding hydrogens is 304 g/mol. The summed E-state index contributed by atoms with van der Waals surface area (Å²) in [4.78, 5) is 0. The van der Waals surface area contributed by atoms with Gasteiger partial charge in [0.15, 0.2) is 23.0 Å². The lowest BCUT2D eigenvalue weighted by Gasteiger charge is -2.10. The normalized spacial score (nSPS) is 11.7. The molecule has 1 heterocycles.